The first-order valence-electron chi connectivity index (χ1n) is 12.9. The molecule has 4 aromatic rings. The van der Waals surface area contributed by atoms with Crippen LogP contribution >= 0.6 is 0 Å². The predicted molar refractivity (Wildman–Crippen MR) is 149 cm³/mol. The lowest BCUT2D eigenvalue weighted by molar-refractivity contribution is 0.101. The van der Waals surface area contributed by atoms with Crippen LogP contribution in [-0.4, -0.2) is 56.3 Å². The Morgan fingerprint density at radius 2 is 1.51 bits per heavy atom. The maximum absolute atomic E-state index is 13.1. The van der Waals surface area contributed by atoms with Crippen molar-refractivity contribution in [1.29, 1.82) is 0 Å². The summed E-state index contributed by atoms with van der Waals surface area (Å²) in [5, 5.41) is 6.76. The summed E-state index contributed by atoms with van der Waals surface area (Å²) >= 11 is 0. The number of nitrogens with one attached hydrogen (secondary N) is 2. The van der Waals surface area contributed by atoms with Crippen molar-refractivity contribution >= 4 is 39.9 Å². The minimum atomic E-state index is -0.286. The summed E-state index contributed by atoms with van der Waals surface area (Å²) in [6, 6.07) is 19.9. The number of anilines is 3. The number of aromatic nitrogens is 1. The number of hydrogen-bond acceptors (Lipinski definition) is 7. The van der Waals surface area contributed by atoms with Crippen LogP contribution in [0.1, 0.15) is 26.3 Å². The van der Waals surface area contributed by atoms with E-state index in [9.17, 15) is 9.59 Å². The van der Waals surface area contributed by atoms with Crippen LogP contribution in [0.4, 0.5) is 17.2 Å². The summed E-state index contributed by atoms with van der Waals surface area (Å²) < 4.78 is 16.5. The number of pyridine rings is 1. The Kier molecular flexibility index (Phi) is 6.73. The molecule has 198 valence electrons. The molecule has 2 N–H and O–H groups in total. The van der Waals surface area contributed by atoms with Gasteiger partial charge < -0.3 is 29.7 Å². The van der Waals surface area contributed by atoms with Crippen molar-refractivity contribution in [3.63, 3.8) is 0 Å². The number of ether oxygens (including phenoxy) is 3. The molecule has 3 aromatic carbocycles. The summed E-state index contributed by atoms with van der Waals surface area (Å²) in [6.45, 7) is 5.86. The molecule has 0 unspecified atom stereocenters. The second-order valence-corrected chi connectivity index (χ2v) is 9.47. The third-order valence-electron chi connectivity index (χ3n) is 6.82. The van der Waals surface area contributed by atoms with Crippen LogP contribution in [0.3, 0.4) is 0 Å². The van der Waals surface area contributed by atoms with E-state index in [0.29, 0.717) is 60.4 Å². The molecule has 2 amide bonds. The van der Waals surface area contributed by atoms with Crippen LogP contribution < -0.4 is 25.0 Å². The van der Waals surface area contributed by atoms with Crippen LogP contribution in [0.15, 0.2) is 66.7 Å². The number of amides is 2. The quantitative estimate of drug-likeness (QED) is 0.392. The zero-order valence-electron chi connectivity index (χ0n) is 21.5. The molecule has 2 aliphatic rings. The summed E-state index contributed by atoms with van der Waals surface area (Å²) in [6.07, 6.45) is 0. The van der Waals surface area contributed by atoms with Gasteiger partial charge in [-0.2, -0.15) is 0 Å². The third kappa shape index (κ3) is 5.35. The van der Waals surface area contributed by atoms with Gasteiger partial charge in [0.05, 0.1) is 18.7 Å². The average Bonchev–Trinajstić information content (AvgIpc) is 2.98. The molecule has 1 aromatic heterocycles. The van der Waals surface area contributed by atoms with Gasteiger partial charge in [0.2, 0.25) is 0 Å². The van der Waals surface area contributed by atoms with E-state index in [2.05, 4.69) is 15.5 Å². The van der Waals surface area contributed by atoms with Crippen LogP contribution in [-0.2, 0) is 4.74 Å². The van der Waals surface area contributed by atoms with E-state index >= 15 is 0 Å². The first kappa shape index (κ1) is 24.7. The topological polar surface area (TPSA) is 102 Å². The van der Waals surface area contributed by atoms with Crippen molar-refractivity contribution in [2.24, 2.45) is 0 Å². The summed E-state index contributed by atoms with van der Waals surface area (Å²) in [5.41, 5.74) is 3.85. The van der Waals surface area contributed by atoms with Gasteiger partial charge in [0, 0.05) is 41.0 Å². The van der Waals surface area contributed by atoms with Crippen molar-refractivity contribution in [3.05, 3.63) is 83.4 Å². The van der Waals surface area contributed by atoms with Gasteiger partial charge in [-0.3, -0.25) is 9.59 Å². The lowest BCUT2D eigenvalue weighted by atomic mass is 10.1. The number of rotatable bonds is 5. The van der Waals surface area contributed by atoms with Crippen molar-refractivity contribution in [1.82, 2.24) is 4.98 Å². The fourth-order valence-electron chi connectivity index (χ4n) is 4.64. The van der Waals surface area contributed by atoms with E-state index in [1.165, 1.54) is 0 Å². The zero-order valence-corrected chi connectivity index (χ0v) is 21.5. The number of benzene rings is 3. The van der Waals surface area contributed by atoms with Crippen LogP contribution in [0.5, 0.6) is 11.5 Å². The van der Waals surface area contributed by atoms with Gasteiger partial charge in [0.25, 0.3) is 11.8 Å². The Morgan fingerprint density at radius 3 is 2.36 bits per heavy atom. The monoisotopic (exact) mass is 524 g/mol. The van der Waals surface area contributed by atoms with Gasteiger partial charge in [-0.25, -0.2) is 4.98 Å². The number of aryl methyl sites for hydroxylation is 1. The smallest absolute Gasteiger partial charge is 0.255 e. The molecule has 0 atom stereocenters. The van der Waals surface area contributed by atoms with E-state index in [4.69, 9.17) is 19.2 Å². The highest BCUT2D eigenvalue weighted by Crippen LogP contribution is 2.31. The molecule has 0 saturated carbocycles. The van der Waals surface area contributed by atoms with Crippen LogP contribution in [0.25, 0.3) is 10.9 Å². The highest BCUT2D eigenvalue weighted by atomic mass is 16.6. The average molecular weight is 525 g/mol. The van der Waals surface area contributed by atoms with Gasteiger partial charge >= 0.3 is 0 Å². The molecule has 0 radical (unpaired) electrons. The molecule has 3 heterocycles. The second-order valence-electron chi connectivity index (χ2n) is 9.47. The minimum Gasteiger partial charge on any atom is -0.486 e. The Labute approximate surface area is 225 Å². The maximum Gasteiger partial charge on any atom is 0.255 e. The first-order valence-corrected chi connectivity index (χ1v) is 12.9. The van der Waals surface area contributed by atoms with Gasteiger partial charge in [-0.1, -0.05) is 6.07 Å². The molecule has 0 aliphatic carbocycles. The zero-order chi connectivity index (χ0) is 26.8. The van der Waals surface area contributed by atoms with Gasteiger partial charge in [-0.15, -0.1) is 0 Å². The number of hydrogen-bond donors (Lipinski definition) is 2. The fourth-order valence-corrected chi connectivity index (χ4v) is 4.64. The predicted octanol–water partition coefficient (Wildman–Crippen LogP) is 4.66. The molecule has 2 aliphatic heterocycles. The van der Waals surface area contributed by atoms with E-state index in [1.807, 2.05) is 37.3 Å². The van der Waals surface area contributed by atoms with Gasteiger partial charge in [0.15, 0.2) is 11.5 Å². The highest BCUT2D eigenvalue weighted by Gasteiger charge is 2.17. The van der Waals surface area contributed by atoms with E-state index in [-0.39, 0.29) is 11.8 Å². The third-order valence-corrected chi connectivity index (χ3v) is 6.82. The van der Waals surface area contributed by atoms with Crippen molar-refractivity contribution in [2.75, 3.05) is 55.1 Å². The molecule has 1 fully saturated rings. The molecule has 39 heavy (non-hydrogen) atoms. The largest absolute Gasteiger partial charge is 0.486 e. The summed E-state index contributed by atoms with van der Waals surface area (Å²) in [5.74, 6) is 1.56. The Bertz CT molecular complexity index is 1560. The molecule has 9 heteroatoms. The number of fused-ring (bicyclic) bond motifs is 2. The van der Waals surface area contributed by atoms with Crippen molar-refractivity contribution in [3.8, 4) is 11.5 Å². The first-order chi connectivity index (χ1) is 19.0. The van der Waals surface area contributed by atoms with Crippen molar-refractivity contribution < 1.29 is 23.8 Å². The lowest BCUT2D eigenvalue weighted by Gasteiger charge is -2.27. The lowest BCUT2D eigenvalue weighted by Crippen LogP contribution is -2.36. The van der Waals surface area contributed by atoms with Crippen LogP contribution in [0, 0.1) is 6.92 Å². The Hall–Kier alpha value is -4.63. The molecular formula is C30H28N4O5. The van der Waals surface area contributed by atoms with Gasteiger partial charge in [0.1, 0.15) is 19.0 Å². The number of morpholine rings is 1. The standard InChI is InChI=1S/C30H28N4O5/c1-19-2-6-23(31-29(35)22-4-8-26-27(17-22)39-15-14-38-26)18-25(19)33-30(36)21-3-7-24-20(16-21)5-9-28(32-24)34-10-12-37-13-11-34/h2-9,16-18H,10-15H2,1H3,(H,31,35)(H,33,36). The number of carbonyl (C=O) groups excluding carboxylic acids is 2. The fraction of sp³-hybridized carbons (Fsp3) is 0.233. The maximum atomic E-state index is 13.1. The normalized spacial score (nSPS) is 14.6. The highest BCUT2D eigenvalue weighted by molar-refractivity contribution is 6.08. The van der Waals surface area contributed by atoms with Crippen molar-refractivity contribution in [2.45, 2.75) is 6.92 Å². The molecule has 0 bridgehead atoms. The summed E-state index contributed by atoms with van der Waals surface area (Å²) in [4.78, 5) is 33.0. The summed E-state index contributed by atoms with van der Waals surface area (Å²) in [7, 11) is 0. The molecule has 9 nitrogen and oxygen atoms in total. The van der Waals surface area contributed by atoms with Gasteiger partial charge in [-0.05, 0) is 73.2 Å². The molecule has 1 saturated heterocycles. The van der Waals surface area contributed by atoms with E-state index < -0.39 is 0 Å². The second kappa shape index (κ2) is 10.6. The Balaban J connectivity index is 1.16. The molecule has 0 spiro atoms. The SMILES string of the molecule is Cc1ccc(NC(=O)c2ccc3c(c2)OCCO3)cc1NC(=O)c1ccc2nc(N3CCOCC3)ccc2c1. The molecular weight excluding hydrogens is 496 g/mol. The minimum absolute atomic E-state index is 0.243. The van der Waals surface area contributed by atoms with E-state index in [1.54, 1.807) is 36.4 Å². The van der Waals surface area contributed by atoms with Crippen LogP contribution in [0.2, 0.25) is 0 Å². The van der Waals surface area contributed by atoms with E-state index in [0.717, 1.165) is 35.4 Å². The molecule has 6 rings (SSSR count). The number of nitrogens with zero attached hydrogens (tertiary/aromatic N) is 2. The Morgan fingerprint density at radius 1 is 0.769 bits per heavy atom. The number of carbonyl (C=O) groups is 2.